The van der Waals surface area contributed by atoms with E-state index >= 15 is 0 Å². The minimum atomic E-state index is 0.830. The van der Waals surface area contributed by atoms with E-state index in [0.717, 1.165) is 25.3 Å². The van der Waals surface area contributed by atoms with Crippen molar-refractivity contribution in [3.8, 4) is 5.75 Å². The minimum absolute atomic E-state index is 0.830. The highest BCUT2D eigenvalue weighted by Crippen LogP contribution is 2.13. The van der Waals surface area contributed by atoms with Crippen LogP contribution in [0, 0.1) is 0 Å². The van der Waals surface area contributed by atoms with Gasteiger partial charge in [0.2, 0.25) is 0 Å². The van der Waals surface area contributed by atoms with E-state index in [0.29, 0.717) is 0 Å². The summed E-state index contributed by atoms with van der Waals surface area (Å²) in [7, 11) is 1.95. The van der Waals surface area contributed by atoms with Crippen molar-refractivity contribution in [1.82, 2.24) is 5.32 Å². The summed E-state index contributed by atoms with van der Waals surface area (Å²) < 4.78 is 5.67. The third-order valence-corrected chi connectivity index (χ3v) is 2.30. The largest absolute Gasteiger partial charge is 0.494 e. The maximum absolute atomic E-state index is 5.67. The van der Waals surface area contributed by atoms with Crippen molar-refractivity contribution in [2.24, 2.45) is 0 Å². The molecule has 0 bridgehead atoms. The summed E-state index contributed by atoms with van der Waals surface area (Å²) in [5, 5.41) is 3.13. The van der Waals surface area contributed by atoms with E-state index in [1.54, 1.807) is 0 Å². The van der Waals surface area contributed by atoms with Crippen LogP contribution in [0.1, 0.15) is 31.7 Å². The lowest BCUT2D eigenvalue weighted by Crippen LogP contribution is -2.05. The van der Waals surface area contributed by atoms with E-state index in [4.69, 9.17) is 4.74 Å². The summed E-state index contributed by atoms with van der Waals surface area (Å²) in [6.07, 6.45) is 3.63. The monoisotopic (exact) mass is 207 g/mol. The Kier molecular flexibility index (Phi) is 5.86. The van der Waals surface area contributed by atoms with Crippen molar-refractivity contribution in [1.29, 1.82) is 0 Å². The summed E-state index contributed by atoms with van der Waals surface area (Å²) in [6.45, 7) is 3.93. The molecular weight excluding hydrogens is 186 g/mol. The molecule has 1 aromatic carbocycles. The lowest BCUT2D eigenvalue weighted by atomic mass is 10.2. The Labute approximate surface area is 92.6 Å². The van der Waals surface area contributed by atoms with Gasteiger partial charge in [0.1, 0.15) is 5.75 Å². The van der Waals surface area contributed by atoms with Crippen molar-refractivity contribution in [3.05, 3.63) is 29.8 Å². The summed E-state index contributed by atoms with van der Waals surface area (Å²) in [4.78, 5) is 0. The highest BCUT2D eigenvalue weighted by atomic mass is 16.5. The molecule has 2 nitrogen and oxygen atoms in total. The maximum atomic E-state index is 5.67. The number of ether oxygens (including phenoxy) is 1. The Balaban J connectivity index is 2.36. The highest BCUT2D eigenvalue weighted by molar-refractivity contribution is 5.28. The lowest BCUT2D eigenvalue weighted by molar-refractivity contribution is 0.306. The van der Waals surface area contributed by atoms with E-state index in [1.807, 2.05) is 19.2 Å². The number of unbranched alkanes of at least 4 members (excludes halogenated alkanes) is 2. The topological polar surface area (TPSA) is 21.3 Å². The van der Waals surface area contributed by atoms with Crippen LogP contribution in [0.25, 0.3) is 0 Å². The SMILES string of the molecule is CCCCCOc1cccc(CNC)c1. The fraction of sp³-hybridized carbons (Fsp3) is 0.538. The van der Waals surface area contributed by atoms with Gasteiger partial charge in [-0.15, -0.1) is 0 Å². The molecule has 0 fully saturated rings. The molecule has 0 saturated heterocycles. The molecule has 0 aromatic heterocycles. The number of nitrogens with one attached hydrogen (secondary N) is 1. The molecular formula is C13H21NO. The van der Waals surface area contributed by atoms with Crippen molar-refractivity contribution in [2.75, 3.05) is 13.7 Å². The van der Waals surface area contributed by atoms with Gasteiger partial charge in [0.25, 0.3) is 0 Å². The summed E-state index contributed by atoms with van der Waals surface area (Å²) in [6, 6.07) is 8.27. The Morgan fingerprint density at radius 1 is 1.27 bits per heavy atom. The van der Waals surface area contributed by atoms with Gasteiger partial charge in [-0.3, -0.25) is 0 Å². The average Bonchev–Trinajstić information content (AvgIpc) is 2.26. The molecule has 0 atom stereocenters. The molecule has 0 amide bonds. The summed E-state index contributed by atoms with van der Waals surface area (Å²) >= 11 is 0. The Bertz CT molecular complexity index is 273. The molecule has 0 unspecified atom stereocenters. The van der Waals surface area contributed by atoms with E-state index in [1.165, 1.54) is 18.4 Å². The third kappa shape index (κ3) is 4.84. The van der Waals surface area contributed by atoms with Crippen molar-refractivity contribution in [2.45, 2.75) is 32.7 Å². The van der Waals surface area contributed by atoms with Crippen molar-refractivity contribution in [3.63, 3.8) is 0 Å². The first-order valence-corrected chi connectivity index (χ1v) is 5.73. The Hall–Kier alpha value is -1.02. The molecule has 1 N–H and O–H groups in total. The van der Waals surface area contributed by atoms with Gasteiger partial charge < -0.3 is 10.1 Å². The second-order valence-electron chi connectivity index (χ2n) is 3.73. The zero-order valence-corrected chi connectivity index (χ0v) is 9.75. The van der Waals surface area contributed by atoms with Crippen molar-refractivity contribution < 1.29 is 4.74 Å². The molecule has 0 spiro atoms. The first-order chi connectivity index (χ1) is 7.36. The molecule has 15 heavy (non-hydrogen) atoms. The smallest absolute Gasteiger partial charge is 0.119 e. The molecule has 84 valence electrons. The predicted octanol–water partition coefficient (Wildman–Crippen LogP) is 2.98. The molecule has 0 heterocycles. The van der Waals surface area contributed by atoms with Crippen LogP contribution < -0.4 is 10.1 Å². The van der Waals surface area contributed by atoms with Crippen LogP contribution in [0.3, 0.4) is 0 Å². The molecule has 0 aliphatic rings. The third-order valence-electron chi connectivity index (χ3n) is 2.30. The number of benzene rings is 1. The standard InChI is InChI=1S/C13H21NO/c1-3-4-5-9-15-13-8-6-7-12(10-13)11-14-2/h6-8,10,14H,3-5,9,11H2,1-2H3. The van der Waals surface area contributed by atoms with Gasteiger partial charge in [0.15, 0.2) is 0 Å². The normalized spacial score (nSPS) is 10.3. The van der Waals surface area contributed by atoms with Crippen LogP contribution in [0.2, 0.25) is 0 Å². The van der Waals surface area contributed by atoms with Crippen LogP contribution in [0.5, 0.6) is 5.75 Å². The molecule has 1 rings (SSSR count). The average molecular weight is 207 g/mol. The summed E-state index contributed by atoms with van der Waals surface area (Å²) in [5.74, 6) is 0.985. The van der Waals surface area contributed by atoms with Crippen LogP contribution >= 0.6 is 0 Å². The van der Waals surface area contributed by atoms with Crippen LogP contribution in [0.4, 0.5) is 0 Å². The number of hydrogen-bond donors (Lipinski definition) is 1. The second kappa shape index (κ2) is 7.30. The van der Waals surface area contributed by atoms with Gasteiger partial charge in [-0.25, -0.2) is 0 Å². The Morgan fingerprint density at radius 3 is 2.87 bits per heavy atom. The van der Waals surface area contributed by atoms with Crippen LogP contribution in [0.15, 0.2) is 24.3 Å². The molecule has 0 saturated carbocycles. The van der Waals surface area contributed by atoms with Gasteiger partial charge >= 0.3 is 0 Å². The lowest BCUT2D eigenvalue weighted by Gasteiger charge is -2.07. The number of hydrogen-bond acceptors (Lipinski definition) is 2. The first-order valence-electron chi connectivity index (χ1n) is 5.73. The summed E-state index contributed by atoms with van der Waals surface area (Å²) in [5.41, 5.74) is 1.27. The van der Waals surface area contributed by atoms with Crippen molar-refractivity contribution >= 4 is 0 Å². The van der Waals surface area contributed by atoms with E-state index < -0.39 is 0 Å². The quantitative estimate of drug-likeness (QED) is 0.694. The zero-order valence-electron chi connectivity index (χ0n) is 9.75. The molecule has 0 aliphatic carbocycles. The minimum Gasteiger partial charge on any atom is -0.494 e. The fourth-order valence-corrected chi connectivity index (χ4v) is 1.49. The predicted molar refractivity (Wildman–Crippen MR) is 64.2 cm³/mol. The zero-order chi connectivity index (χ0) is 10.9. The second-order valence-corrected chi connectivity index (χ2v) is 3.73. The van der Waals surface area contributed by atoms with E-state index in [2.05, 4.69) is 24.4 Å². The molecule has 2 heteroatoms. The Morgan fingerprint density at radius 2 is 2.13 bits per heavy atom. The van der Waals surface area contributed by atoms with Crippen LogP contribution in [-0.2, 0) is 6.54 Å². The molecule has 1 aromatic rings. The van der Waals surface area contributed by atoms with Gasteiger partial charge in [-0.2, -0.15) is 0 Å². The highest BCUT2D eigenvalue weighted by Gasteiger charge is 1.95. The van der Waals surface area contributed by atoms with E-state index in [-0.39, 0.29) is 0 Å². The van der Waals surface area contributed by atoms with Gasteiger partial charge in [-0.05, 0) is 31.2 Å². The maximum Gasteiger partial charge on any atom is 0.119 e. The molecule has 0 aliphatic heterocycles. The number of rotatable bonds is 7. The van der Waals surface area contributed by atoms with E-state index in [9.17, 15) is 0 Å². The van der Waals surface area contributed by atoms with Gasteiger partial charge in [0.05, 0.1) is 6.61 Å². The molecule has 0 radical (unpaired) electrons. The van der Waals surface area contributed by atoms with Gasteiger partial charge in [-0.1, -0.05) is 31.9 Å². The first kappa shape index (κ1) is 12.1. The fourth-order valence-electron chi connectivity index (χ4n) is 1.49. The van der Waals surface area contributed by atoms with Crippen LogP contribution in [-0.4, -0.2) is 13.7 Å². The van der Waals surface area contributed by atoms with Gasteiger partial charge in [0, 0.05) is 6.54 Å².